The lowest BCUT2D eigenvalue weighted by Crippen LogP contribution is -2.61. The second-order valence-corrected chi connectivity index (χ2v) is 15.3. The summed E-state index contributed by atoms with van der Waals surface area (Å²) in [6.07, 6.45) is 0.676. The molecule has 3 rings (SSSR count). The number of aliphatic hydroxyl groups excluding tert-OH is 1. The summed E-state index contributed by atoms with van der Waals surface area (Å²) in [6, 6.07) is 3.69. The Kier molecular flexibility index (Phi) is 18.0. The third-order valence-electron chi connectivity index (χ3n) is 8.32. The number of primary amides is 1. The summed E-state index contributed by atoms with van der Waals surface area (Å²) in [5, 5.41) is 45.0. The number of phenolic OH excluding ortho intramolecular Hbond substituents is 2. The van der Waals surface area contributed by atoms with Gasteiger partial charge in [0.25, 0.3) is 0 Å². The minimum Gasteiger partial charge on any atom is -0.508 e. The summed E-state index contributed by atoms with van der Waals surface area (Å²) in [4.78, 5) is 92.9. The zero-order valence-electron chi connectivity index (χ0n) is 30.1. The molecule has 20 heteroatoms. The average molecular weight is 805 g/mol. The van der Waals surface area contributed by atoms with E-state index < -0.39 is 84.2 Å². The van der Waals surface area contributed by atoms with Crippen molar-refractivity contribution in [3.63, 3.8) is 0 Å². The van der Waals surface area contributed by atoms with Crippen LogP contribution < -0.4 is 43.4 Å². The molecule has 7 amide bonds. The Morgan fingerprint density at radius 3 is 1.65 bits per heavy atom. The van der Waals surface area contributed by atoms with E-state index >= 15 is 0 Å². The molecule has 0 radical (unpaired) electrons. The molecule has 2 aromatic rings. The number of aliphatic hydroxyl groups is 1. The summed E-state index contributed by atoms with van der Waals surface area (Å²) < 4.78 is 0. The minimum atomic E-state index is -1.60. The third-order valence-corrected chi connectivity index (χ3v) is 10.7. The maximum Gasteiger partial charge on any atom is 0.245 e. The number of nitrogens with one attached hydrogen (secondary N) is 6. The first-order chi connectivity index (χ1) is 26.2. The fraction of sp³-hybridized carbons (Fsp3) is 0.457. The van der Waals surface area contributed by atoms with Gasteiger partial charge in [-0.3, -0.25) is 33.6 Å². The molecule has 0 saturated carbocycles. The van der Waals surface area contributed by atoms with Crippen LogP contribution in [0.3, 0.4) is 0 Å². The maximum absolute atomic E-state index is 13.8. The summed E-state index contributed by atoms with van der Waals surface area (Å²) in [5.41, 5.74) is 12.3. The zero-order chi connectivity index (χ0) is 40.5. The van der Waals surface area contributed by atoms with Gasteiger partial charge in [-0.1, -0.05) is 45.9 Å². The van der Waals surface area contributed by atoms with Crippen LogP contribution >= 0.6 is 21.6 Å². The monoisotopic (exact) mass is 804 g/mol. The van der Waals surface area contributed by atoms with Crippen LogP contribution in [0.4, 0.5) is 0 Å². The number of nitrogens with two attached hydrogens (primary N) is 2. The Morgan fingerprint density at radius 2 is 1.15 bits per heavy atom. The van der Waals surface area contributed by atoms with Crippen molar-refractivity contribution in [2.24, 2.45) is 11.5 Å². The predicted octanol–water partition coefficient (Wildman–Crippen LogP) is -2.19. The molecule has 6 atom stereocenters. The fourth-order valence-corrected chi connectivity index (χ4v) is 7.67. The van der Waals surface area contributed by atoms with E-state index in [1.165, 1.54) is 55.5 Å². The number of carbonyl (C=O) groups is 7. The van der Waals surface area contributed by atoms with E-state index in [0.29, 0.717) is 24.0 Å². The molecule has 0 bridgehead atoms. The van der Waals surface area contributed by atoms with Crippen LogP contribution in [0.5, 0.6) is 11.5 Å². The Hall–Kier alpha value is -5.05. The van der Waals surface area contributed by atoms with Gasteiger partial charge in [-0.05, 0) is 61.2 Å². The topological polar surface area (TPSA) is 304 Å². The summed E-state index contributed by atoms with van der Waals surface area (Å²) in [6.45, 7) is 0.575. The molecule has 18 nitrogen and oxygen atoms in total. The third kappa shape index (κ3) is 15.0. The van der Waals surface area contributed by atoms with Gasteiger partial charge in [0, 0.05) is 31.3 Å². The number of aromatic hydroxyl groups is 2. The molecule has 55 heavy (non-hydrogen) atoms. The van der Waals surface area contributed by atoms with Crippen LogP contribution in [-0.4, -0.2) is 118 Å². The molecular formula is C35H48N8O10S2. The quantitative estimate of drug-likeness (QED) is 0.0852. The fourth-order valence-electron chi connectivity index (χ4n) is 5.33. The van der Waals surface area contributed by atoms with Crippen molar-refractivity contribution in [1.29, 1.82) is 0 Å². The minimum absolute atomic E-state index is 0.0325. The molecule has 1 fully saturated rings. The SMILES string of the molecule is CC(=O)N[C@@H]1CSSC[C@H](C(N)=O)NC(=O)[C@@H](Cc2ccc(O)cc2)NC(=O)[C@H](CCCCN)NC(=O)[C@@H](CO)NC(=O)[C@H](Cc2ccc(O)cc2)NC1=O. The van der Waals surface area contributed by atoms with Crippen LogP contribution in [-0.2, 0) is 46.4 Å². The van der Waals surface area contributed by atoms with Crippen LogP contribution in [0.1, 0.15) is 37.3 Å². The van der Waals surface area contributed by atoms with E-state index in [1.807, 2.05) is 0 Å². The van der Waals surface area contributed by atoms with Gasteiger partial charge in [0.15, 0.2) is 0 Å². The van der Waals surface area contributed by atoms with Crippen molar-refractivity contribution in [2.75, 3.05) is 24.7 Å². The number of unbranched alkanes of at least 4 members (excludes halogenated alkanes) is 1. The second-order valence-electron chi connectivity index (χ2n) is 12.7. The van der Waals surface area contributed by atoms with Crippen molar-refractivity contribution in [3.8, 4) is 11.5 Å². The van der Waals surface area contributed by atoms with Crippen LogP contribution in [0.25, 0.3) is 0 Å². The molecule has 0 spiro atoms. The average Bonchev–Trinajstić information content (AvgIpc) is 3.14. The molecule has 0 aliphatic carbocycles. The Bertz CT molecular complexity index is 1650. The van der Waals surface area contributed by atoms with Crippen molar-refractivity contribution in [3.05, 3.63) is 59.7 Å². The van der Waals surface area contributed by atoms with Crippen LogP contribution in [0, 0.1) is 0 Å². The molecular weight excluding hydrogens is 757 g/mol. The lowest BCUT2D eigenvalue weighted by Gasteiger charge is -2.27. The van der Waals surface area contributed by atoms with Gasteiger partial charge in [-0.25, -0.2) is 0 Å². The Balaban J connectivity index is 2.02. The predicted molar refractivity (Wildman–Crippen MR) is 205 cm³/mol. The summed E-state index contributed by atoms with van der Waals surface area (Å²) in [7, 11) is 2.14. The van der Waals surface area contributed by atoms with Gasteiger partial charge in [0.1, 0.15) is 47.8 Å². The lowest BCUT2D eigenvalue weighted by atomic mass is 10.0. The first-order valence-electron chi connectivity index (χ1n) is 17.4. The molecule has 1 aliphatic rings. The highest BCUT2D eigenvalue weighted by Gasteiger charge is 2.33. The second kappa shape index (κ2) is 22.4. The van der Waals surface area contributed by atoms with Gasteiger partial charge in [-0.2, -0.15) is 0 Å². The molecule has 13 N–H and O–H groups in total. The van der Waals surface area contributed by atoms with Gasteiger partial charge in [0.05, 0.1) is 6.61 Å². The number of benzene rings is 2. The van der Waals surface area contributed by atoms with Gasteiger partial charge >= 0.3 is 0 Å². The van der Waals surface area contributed by atoms with E-state index in [4.69, 9.17) is 11.5 Å². The molecule has 2 aromatic carbocycles. The normalized spacial score (nSPS) is 23.6. The van der Waals surface area contributed by atoms with Gasteiger partial charge in [-0.15, -0.1) is 0 Å². The van der Waals surface area contributed by atoms with E-state index in [0.717, 1.165) is 21.6 Å². The van der Waals surface area contributed by atoms with E-state index in [-0.39, 0.29) is 48.8 Å². The van der Waals surface area contributed by atoms with Gasteiger partial charge < -0.3 is 58.7 Å². The van der Waals surface area contributed by atoms with Crippen molar-refractivity contribution in [2.45, 2.75) is 75.3 Å². The number of carbonyl (C=O) groups excluding carboxylic acids is 7. The number of phenols is 2. The number of amides is 7. The van der Waals surface area contributed by atoms with Crippen LogP contribution in [0.15, 0.2) is 48.5 Å². The number of rotatable bonds is 11. The van der Waals surface area contributed by atoms with E-state index in [9.17, 15) is 48.9 Å². The molecule has 300 valence electrons. The number of hydrogen-bond acceptors (Lipinski definition) is 13. The number of hydrogen-bond donors (Lipinski definition) is 11. The van der Waals surface area contributed by atoms with Crippen molar-refractivity contribution in [1.82, 2.24) is 31.9 Å². The van der Waals surface area contributed by atoms with Gasteiger partial charge in [0.2, 0.25) is 41.4 Å². The highest BCUT2D eigenvalue weighted by Crippen LogP contribution is 2.23. The molecule has 1 saturated heterocycles. The lowest BCUT2D eigenvalue weighted by molar-refractivity contribution is -0.135. The summed E-state index contributed by atoms with van der Waals surface area (Å²) in [5.74, 6) is -5.83. The van der Waals surface area contributed by atoms with Crippen molar-refractivity contribution < 1.29 is 48.9 Å². The highest BCUT2D eigenvalue weighted by molar-refractivity contribution is 8.76. The van der Waals surface area contributed by atoms with E-state index in [1.54, 1.807) is 0 Å². The maximum atomic E-state index is 13.8. The Morgan fingerprint density at radius 1 is 0.691 bits per heavy atom. The molecule has 0 unspecified atom stereocenters. The van der Waals surface area contributed by atoms with Crippen molar-refractivity contribution >= 4 is 62.9 Å². The molecule has 1 aliphatic heterocycles. The first-order valence-corrected chi connectivity index (χ1v) is 19.9. The molecule has 0 aromatic heterocycles. The molecule has 1 heterocycles. The zero-order valence-corrected chi connectivity index (χ0v) is 31.8. The Labute approximate surface area is 325 Å². The standard InChI is InChI=1S/C35H48N8O10S2/c1-19(45)38-29-18-55-54-17-28(30(37)48)43-33(51)26(15-21-7-11-23(47)12-8-21)40-31(49)24(4-2-3-13-36)39-34(52)27(16-44)42-32(50)25(41-35(29)53)14-20-5-9-22(46)10-6-20/h5-12,24-29,44,46-47H,2-4,13-18,36H2,1H3,(H2,37,48)(H,38,45)(H,39,52)(H,40,49)(H,41,53)(H,42,50)(H,43,51)/t24-,25-,26+,27+,28+,29+/m0/s1. The first kappa shape index (κ1) is 44.3. The largest absolute Gasteiger partial charge is 0.508 e. The summed E-state index contributed by atoms with van der Waals surface area (Å²) >= 11 is 0. The van der Waals surface area contributed by atoms with Crippen LogP contribution in [0.2, 0.25) is 0 Å². The smallest absolute Gasteiger partial charge is 0.245 e. The van der Waals surface area contributed by atoms with E-state index in [2.05, 4.69) is 31.9 Å². The highest BCUT2D eigenvalue weighted by atomic mass is 33.1.